The van der Waals surface area contributed by atoms with Gasteiger partial charge in [-0.25, -0.2) is 9.97 Å². The molecule has 0 unspecified atom stereocenters. The first-order chi connectivity index (χ1) is 10.2. The van der Waals surface area contributed by atoms with E-state index >= 15 is 0 Å². The SMILES string of the molecule is CCOc1sc2ncnc(Nc3ccc(C)cc3)c2c1C. The Morgan fingerprint density at radius 1 is 1.14 bits per heavy atom. The van der Waals surface area contributed by atoms with Crippen LogP contribution in [0.1, 0.15) is 18.1 Å². The van der Waals surface area contributed by atoms with Crippen LogP contribution in [0.2, 0.25) is 0 Å². The van der Waals surface area contributed by atoms with E-state index in [-0.39, 0.29) is 0 Å². The van der Waals surface area contributed by atoms with E-state index in [9.17, 15) is 0 Å². The molecule has 3 aromatic rings. The van der Waals surface area contributed by atoms with Crippen LogP contribution >= 0.6 is 11.3 Å². The zero-order chi connectivity index (χ0) is 14.8. The lowest BCUT2D eigenvalue weighted by Crippen LogP contribution is -1.96. The highest BCUT2D eigenvalue weighted by Crippen LogP contribution is 2.39. The Labute approximate surface area is 127 Å². The smallest absolute Gasteiger partial charge is 0.179 e. The number of hydrogen-bond acceptors (Lipinski definition) is 5. The Balaban J connectivity index is 2.03. The quantitative estimate of drug-likeness (QED) is 0.773. The molecule has 1 N–H and O–H groups in total. The van der Waals surface area contributed by atoms with Gasteiger partial charge >= 0.3 is 0 Å². The largest absolute Gasteiger partial charge is 0.484 e. The van der Waals surface area contributed by atoms with E-state index in [0.29, 0.717) is 6.61 Å². The summed E-state index contributed by atoms with van der Waals surface area (Å²) >= 11 is 1.56. The van der Waals surface area contributed by atoms with Crippen molar-refractivity contribution in [3.05, 3.63) is 41.7 Å². The predicted molar refractivity (Wildman–Crippen MR) is 87.8 cm³/mol. The lowest BCUT2D eigenvalue weighted by atomic mass is 10.2. The molecular weight excluding hydrogens is 282 g/mol. The Morgan fingerprint density at radius 2 is 1.90 bits per heavy atom. The van der Waals surface area contributed by atoms with Gasteiger partial charge in [0, 0.05) is 11.3 Å². The monoisotopic (exact) mass is 299 g/mol. The summed E-state index contributed by atoms with van der Waals surface area (Å²) in [6, 6.07) is 8.25. The van der Waals surface area contributed by atoms with E-state index in [0.717, 1.165) is 32.3 Å². The van der Waals surface area contributed by atoms with Crippen LogP contribution in [0.4, 0.5) is 11.5 Å². The first kappa shape index (κ1) is 13.8. The summed E-state index contributed by atoms with van der Waals surface area (Å²) in [5.41, 5.74) is 3.34. The normalized spacial score (nSPS) is 10.8. The molecule has 0 aliphatic heterocycles. The van der Waals surface area contributed by atoms with E-state index in [2.05, 4.69) is 46.5 Å². The Kier molecular flexibility index (Phi) is 3.75. The van der Waals surface area contributed by atoms with Gasteiger partial charge in [-0.15, -0.1) is 0 Å². The van der Waals surface area contributed by atoms with Gasteiger partial charge in [0.25, 0.3) is 0 Å². The van der Waals surface area contributed by atoms with Gasteiger partial charge in [0.15, 0.2) is 5.06 Å². The highest BCUT2D eigenvalue weighted by molar-refractivity contribution is 7.20. The second-order valence-corrected chi connectivity index (χ2v) is 5.80. The van der Waals surface area contributed by atoms with Gasteiger partial charge in [-0.3, -0.25) is 0 Å². The fourth-order valence-electron chi connectivity index (χ4n) is 2.19. The molecule has 0 aliphatic rings. The van der Waals surface area contributed by atoms with Crippen molar-refractivity contribution >= 4 is 33.1 Å². The fraction of sp³-hybridized carbons (Fsp3) is 0.250. The molecule has 0 fully saturated rings. The molecule has 0 amide bonds. The van der Waals surface area contributed by atoms with Crippen molar-refractivity contribution in [3.63, 3.8) is 0 Å². The molecule has 21 heavy (non-hydrogen) atoms. The average molecular weight is 299 g/mol. The predicted octanol–water partition coefficient (Wildman–Crippen LogP) is 4.45. The molecule has 1 aromatic carbocycles. The van der Waals surface area contributed by atoms with Crippen LogP contribution in [0.3, 0.4) is 0 Å². The number of anilines is 2. The summed E-state index contributed by atoms with van der Waals surface area (Å²) in [4.78, 5) is 9.68. The Morgan fingerprint density at radius 3 is 2.62 bits per heavy atom. The van der Waals surface area contributed by atoms with Crippen LogP contribution in [-0.2, 0) is 0 Å². The number of thiophene rings is 1. The van der Waals surface area contributed by atoms with E-state index in [4.69, 9.17) is 4.74 Å². The summed E-state index contributed by atoms with van der Waals surface area (Å²) in [5, 5.41) is 5.32. The van der Waals surface area contributed by atoms with Crippen LogP contribution in [-0.4, -0.2) is 16.6 Å². The van der Waals surface area contributed by atoms with Gasteiger partial charge in [-0.1, -0.05) is 29.0 Å². The van der Waals surface area contributed by atoms with Crippen molar-refractivity contribution in [2.45, 2.75) is 20.8 Å². The highest BCUT2D eigenvalue weighted by Gasteiger charge is 2.15. The molecule has 0 aliphatic carbocycles. The number of benzene rings is 1. The third kappa shape index (κ3) is 2.69. The number of nitrogens with zero attached hydrogens (tertiary/aromatic N) is 2. The third-order valence-electron chi connectivity index (χ3n) is 3.27. The summed E-state index contributed by atoms with van der Waals surface area (Å²) in [5.74, 6) is 0.823. The molecule has 2 heterocycles. The summed E-state index contributed by atoms with van der Waals surface area (Å²) in [6.45, 7) is 6.76. The first-order valence-corrected chi connectivity index (χ1v) is 7.71. The van der Waals surface area contributed by atoms with Crippen molar-refractivity contribution in [1.29, 1.82) is 0 Å². The van der Waals surface area contributed by atoms with E-state index in [1.54, 1.807) is 17.7 Å². The van der Waals surface area contributed by atoms with Crippen molar-refractivity contribution < 1.29 is 4.74 Å². The number of ether oxygens (including phenoxy) is 1. The van der Waals surface area contributed by atoms with Crippen molar-refractivity contribution in [2.24, 2.45) is 0 Å². The maximum atomic E-state index is 5.67. The van der Waals surface area contributed by atoms with Crippen molar-refractivity contribution in [1.82, 2.24) is 9.97 Å². The Hall–Kier alpha value is -2.14. The summed E-state index contributed by atoms with van der Waals surface area (Å²) in [7, 11) is 0. The van der Waals surface area contributed by atoms with Gasteiger partial charge in [-0.2, -0.15) is 0 Å². The topological polar surface area (TPSA) is 47.0 Å². The maximum absolute atomic E-state index is 5.67. The molecule has 0 atom stereocenters. The van der Waals surface area contributed by atoms with Crippen LogP contribution in [0.25, 0.3) is 10.2 Å². The summed E-state index contributed by atoms with van der Waals surface area (Å²) in [6.07, 6.45) is 1.59. The molecule has 0 saturated carbocycles. The minimum atomic E-state index is 0.655. The van der Waals surface area contributed by atoms with Crippen LogP contribution in [0.15, 0.2) is 30.6 Å². The van der Waals surface area contributed by atoms with Gasteiger partial charge in [0.2, 0.25) is 0 Å². The molecule has 0 spiro atoms. The van der Waals surface area contributed by atoms with Crippen molar-refractivity contribution in [3.8, 4) is 5.06 Å². The van der Waals surface area contributed by atoms with Gasteiger partial charge in [0.05, 0.1) is 12.0 Å². The molecule has 0 radical (unpaired) electrons. The standard InChI is InChI=1S/C16H17N3OS/c1-4-20-16-11(3)13-14(17-9-18-15(13)21-16)19-12-7-5-10(2)6-8-12/h5-9H,4H2,1-3H3,(H,17,18,19). The summed E-state index contributed by atoms with van der Waals surface area (Å²) < 4.78 is 5.67. The first-order valence-electron chi connectivity index (χ1n) is 6.89. The second kappa shape index (κ2) is 5.69. The number of hydrogen-bond donors (Lipinski definition) is 1. The van der Waals surface area contributed by atoms with E-state index < -0.39 is 0 Å². The van der Waals surface area contributed by atoms with Crippen LogP contribution in [0, 0.1) is 13.8 Å². The molecule has 3 rings (SSSR count). The molecule has 4 nitrogen and oxygen atoms in total. The van der Waals surface area contributed by atoms with Gasteiger partial charge < -0.3 is 10.1 Å². The zero-order valence-electron chi connectivity index (χ0n) is 12.3. The minimum absolute atomic E-state index is 0.655. The Bertz CT molecular complexity index is 765. The van der Waals surface area contributed by atoms with Crippen LogP contribution < -0.4 is 10.1 Å². The molecule has 0 saturated heterocycles. The average Bonchev–Trinajstić information content (AvgIpc) is 2.80. The molecule has 2 aromatic heterocycles. The molecular formula is C16H17N3OS. The van der Waals surface area contributed by atoms with E-state index in [1.165, 1.54) is 5.56 Å². The molecule has 0 bridgehead atoms. The lowest BCUT2D eigenvalue weighted by Gasteiger charge is -2.07. The number of aryl methyl sites for hydroxylation is 2. The van der Waals surface area contributed by atoms with Gasteiger partial charge in [0.1, 0.15) is 17.0 Å². The zero-order valence-corrected chi connectivity index (χ0v) is 13.1. The third-order valence-corrected chi connectivity index (χ3v) is 4.39. The highest BCUT2D eigenvalue weighted by atomic mass is 32.1. The number of fused-ring (bicyclic) bond motifs is 1. The second-order valence-electron chi connectivity index (χ2n) is 4.84. The van der Waals surface area contributed by atoms with Gasteiger partial charge in [-0.05, 0) is 32.9 Å². The van der Waals surface area contributed by atoms with E-state index in [1.807, 2.05) is 13.8 Å². The molecule has 5 heteroatoms. The van der Waals surface area contributed by atoms with Crippen molar-refractivity contribution in [2.75, 3.05) is 11.9 Å². The number of rotatable bonds is 4. The lowest BCUT2D eigenvalue weighted by molar-refractivity contribution is 0.348. The fourth-order valence-corrected chi connectivity index (χ4v) is 3.25. The van der Waals surface area contributed by atoms with Crippen LogP contribution in [0.5, 0.6) is 5.06 Å². The molecule has 108 valence electrons. The number of aromatic nitrogens is 2. The number of nitrogens with one attached hydrogen (secondary N) is 1. The maximum Gasteiger partial charge on any atom is 0.179 e. The minimum Gasteiger partial charge on any atom is -0.484 e.